The van der Waals surface area contributed by atoms with Crippen LogP contribution in [0, 0.1) is 0 Å². The maximum atomic E-state index is 9.61. The maximum Gasteiger partial charge on any atom is 0.165 e. The Bertz CT molecular complexity index is 349. The molecule has 0 radical (unpaired) electrons. The number of fused-ring (bicyclic) bond motifs is 1. The van der Waals surface area contributed by atoms with E-state index in [0.717, 1.165) is 18.4 Å². The van der Waals surface area contributed by atoms with Gasteiger partial charge in [-0.05, 0) is 18.1 Å². The van der Waals surface area contributed by atoms with Gasteiger partial charge in [0.1, 0.15) is 0 Å². The normalized spacial score (nSPS) is 20.0. The zero-order valence-corrected chi connectivity index (χ0v) is 8.29. The molecule has 1 atom stereocenters. The summed E-state index contributed by atoms with van der Waals surface area (Å²) in [6, 6.07) is 3.60. The van der Waals surface area contributed by atoms with Crippen molar-refractivity contribution in [3.05, 3.63) is 23.3 Å². The van der Waals surface area contributed by atoms with Crippen LogP contribution >= 0.6 is 0 Å². The molecule has 2 rings (SSSR count). The SMILES string of the molecule is CCc1ccc(O)c2c1[C@@H](N)CCO2. The highest BCUT2D eigenvalue weighted by atomic mass is 16.5. The van der Waals surface area contributed by atoms with E-state index in [-0.39, 0.29) is 11.8 Å². The van der Waals surface area contributed by atoms with Crippen LogP contribution in [-0.4, -0.2) is 11.7 Å². The Morgan fingerprint density at radius 3 is 3.07 bits per heavy atom. The van der Waals surface area contributed by atoms with Gasteiger partial charge < -0.3 is 15.6 Å². The first-order valence-corrected chi connectivity index (χ1v) is 4.97. The molecule has 0 saturated heterocycles. The molecule has 1 aromatic rings. The van der Waals surface area contributed by atoms with Crippen molar-refractivity contribution >= 4 is 0 Å². The Hall–Kier alpha value is -1.22. The summed E-state index contributed by atoms with van der Waals surface area (Å²) in [7, 11) is 0. The van der Waals surface area contributed by atoms with E-state index < -0.39 is 0 Å². The van der Waals surface area contributed by atoms with Crippen molar-refractivity contribution in [3.8, 4) is 11.5 Å². The molecule has 1 aliphatic heterocycles. The van der Waals surface area contributed by atoms with Gasteiger partial charge >= 0.3 is 0 Å². The first kappa shape index (κ1) is 9.34. The number of aromatic hydroxyl groups is 1. The molecule has 0 saturated carbocycles. The predicted molar refractivity (Wildman–Crippen MR) is 54.5 cm³/mol. The van der Waals surface area contributed by atoms with Crippen molar-refractivity contribution in [1.82, 2.24) is 0 Å². The third-order valence-electron chi connectivity index (χ3n) is 2.69. The lowest BCUT2D eigenvalue weighted by molar-refractivity contribution is 0.254. The van der Waals surface area contributed by atoms with Gasteiger partial charge in [-0.2, -0.15) is 0 Å². The number of hydrogen-bond donors (Lipinski definition) is 2. The molecule has 76 valence electrons. The lowest BCUT2D eigenvalue weighted by Gasteiger charge is -2.25. The summed E-state index contributed by atoms with van der Waals surface area (Å²) >= 11 is 0. The number of phenols is 1. The Morgan fingerprint density at radius 1 is 1.57 bits per heavy atom. The third-order valence-corrected chi connectivity index (χ3v) is 2.69. The molecule has 3 N–H and O–H groups in total. The van der Waals surface area contributed by atoms with Crippen LogP contribution in [0.4, 0.5) is 0 Å². The van der Waals surface area contributed by atoms with Gasteiger partial charge in [-0.1, -0.05) is 13.0 Å². The average Bonchev–Trinajstić information content (AvgIpc) is 2.20. The molecule has 1 aliphatic rings. The monoisotopic (exact) mass is 193 g/mol. The number of benzene rings is 1. The van der Waals surface area contributed by atoms with Crippen LogP contribution in [0.5, 0.6) is 11.5 Å². The maximum absolute atomic E-state index is 9.61. The van der Waals surface area contributed by atoms with E-state index in [0.29, 0.717) is 12.4 Å². The fourth-order valence-corrected chi connectivity index (χ4v) is 1.93. The molecule has 0 bridgehead atoms. The highest BCUT2D eigenvalue weighted by Crippen LogP contribution is 2.40. The van der Waals surface area contributed by atoms with Crippen molar-refractivity contribution in [2.45, 2.75) is 25.8 Å². The number of phenolic OH excluding ortho intramolecular Hbond substituents is 1. The van der Waals surface area contributed by atoms with Crippen LogP contribution < -0.4 is 10.5 Å². The molecule has 0 aromatic heterocycles. The van der Waals surface area contributed by atoms with Gasteiger partial charge in [0.2, 0.25) is 0 Å². The van der Waals surface area contributed by atoms with Gasteiger partial charge in [0.05, 0.1) is 6.61 Å². The summed E-state index contributed by atoms with van der Waals surface area (Å²) in [6.45, 7) is 2.67. The van der Waals surface area contributed by atoms with Crippen LogP contribution in [-0.2, 0) is 6.42 Å². The lowest BCUT2D eigenvalue weighted by atomic mass is 9.94. The van der Waals surface area contributed by atoms with E-state index in [2.05, 4.69) is 6.92 Å². The lowest BCUT2D eigenvalue weighted by Crippen LogP contribution is -2.22. The van der Waals surface area contributed by atoms with Crippen molar-refractivity contribution in [2.24, 2.45) is 5.73 Å². The van der Waals surface area contributed by atoms with Crippen molar-refractivity contribution in [2.75, 3.05) is 6.61 Å². The molecule has 3 nitrogen and oxygen atoms in total. The number of aryl methyl sites for hydroxylation is 1. The second-order valence-corrected chi connectivity index (χ2v) is 3.58. The van der Waals surface area contributed by atoms with E-state index >= 15 is 0 Å². The molecular formula is C11H15NO2. The van der Waals surface area contributed by atoms with Crippen molar-refractivity contribution < 1.29 is 9.84 Å². The molecule has 0 amide bonds. The zero-order valence-electron chi connectivity index (χ0n) is 8.29. The minimum Gasteiger partial charge on any atom is -0.504 e. The first-order valence-electron chi connectivity index (χ1n) is 4.97. The minimum atomic E-state index is 0.000741. The minimum absolute atomic E-state index is 0.000741. The summed E-state index contributed by atoms with van der Waals surface area (Å²) in [5.41, 5.74) is 8.16. The summed E-state index contributed by atoms with van der Waals surface area (Å²) in [5.74, 6) is 0.787. The highest BCUT2D eigenvalue weighted by molar-refractivity contribution is 5.52. The smallest absolute Gasteiger partial charge is 0.165 e. The summed E-state index contributed by atoms with van der Waals surface area (Å²) < 4.78 is 5.44. The van der Waals surface area contributed by atoms with Crippen LogP contribution in [0.2, 0.25) is 0 Å². The molecule has 0 aliphatic carbocycles. The van der Waals surface area contributed by atoms with Crippen LogP contribution in [0.3, 0.4) is 0 Å². The fourth-order valence-electron chi connectivity index (χ4n) is 1.93. The van der Waals surface area contributed by atoms with Gasteiger partial charge in [-0.15, -0.1) is 0 Å². The Kier molecular flexibility index (Phi) is 2.33. The van der Waals surface area contributed by atoms with Crippen molar-refractivity contribution in [1.29, 1.82) is 0 Å². The van der Waals surface area contributed by atoms with E-state index in [9.17, 15) is 5.11 Å². The highest BCUT2D eigenvalue weighted by Gasteiger charge is 2.23. The van der Waals surface area contributed by atoms with Gasteiger partial charge in [-0.3, -0.25) is 0 Å². The van der Waals surface area contributed by atoms with Crippen molar-refractivity contribution in [3.63, 3.8) is 0 Å². The standard InChI is InChI=1S/C11H15NO2/c1-2-7-3-4-9(13)11-10(7)8(12)5-6-14-11/h3-4,8,13H,2,5-6,12H2,1H3/t8-/m0/s1. The third kappa shape index (κ3) is 1.34. The van der Waals surface area contributed by atoms with Gasteiger partial charge in [0.25, 0.3) is 0 Å². The first-order chi connectivity index (χ1) is 6.74. The Labute approximate surface area is 83.5 Å². The fraction of sp³-hybridized carbons (Fsp3) is 0.455. The number of ether oxygens (including phenoxy) is 1. The molecular weight excluding hydrogens is 178 g/mol. The molecule has 0 spiro atoms. The van der Waals surface area contributed by atoms with Gasteiger partial charge in [0, 0.05) is 18.0 Å². The Balaban J connectivity index is 2.58. The summed E-state index contributed by atoms with van der Waals surface area (Å²) in [5, 5.41) is 9.61. The second kappa shape index (κ2) is 3.50. The molecule has 0 unspecified atom stereocenters. The number of rotatable bonds is 1. The average molecular weight is 193 g/mol. The van der Waals surface area contributed by atoms with E-state index in [1.54, 1.807) is 6.07 Å². The largest absolute Gasteiger partial charge is 0.504 e. The van der Waals surface area contributed by atoms with Crippen LogP contribution in [0.15, 0.2) is 12.1 Å². The predicted octanol–water partition coefficient (Wildman–Crippen LogP) is 1.74. The van der Waals surface area contributed by atoms with E-state index in [1.807, 2.05) is 6.07 Å². The summed E-state index contributed by atoms with van der Waals surface area (Å²) in [4.78, 5) is 0. The van der Waals surface area contributed by atoms with Crippen LogP contribution in [0.25, 0.3) is 0 Å². The van der Waals surface area contributed by atoms with Gasteiger partial charge in [-0.25, -0.2) is 0 Å². The topological polar surface area (TPSA) is 55.5 Å². The van der Waals surface area contributed by atoms with E-state index in [4.69, 9.17) is 10.5 Å². The molecule has 0 fully saturated rings. The molecule has 3 heteroatoms. The molecule has 1 heterocycles. The van der Waals surface area contributed by atoms with Gasteiger partial charge in [0.15, 0.2) is 11.5 Å². The Morgan fingerprint density at radius 2 is 2.36 bits per heavy atom. The summed E-state index contributed by atoms with van der Waals surface area (Å²) in [6.07, 6.45) is 1.74. The molecule has 1 aromatic carbocycles. The number of nitrogens with two attached hydrogens (primary N) is 1. The molecule has 14 heavy (non-hydrogen) atoms. The quantitative estimate of drug-likeness (QED) is 0.714. The van der Waals surface area contributed by atoms with E-state index in [1.165, 1.54) is 5.56 Å². The second-order valence-electron chi connectivity index (χ2n) is 3.58. The number of hydrogen-bond acceptors (Lipinski definition) is 3. The zero-order chi connectivity index (χ0) is 10.1. The van der Waals surface area contributed by atoms with Crippen LogP contribution in [0.1, 0.15) is 30.5 Å².